The summed E-state index contributed by atoms with van der Waals surface area (Å²) in [6.07, 6.45) is 0.806. The first kappa shape index (κ1) is 12.5. The summed E-state index contributed by atoms with van der Waals surface area (Å²) >= 11 is 5.35. The van der Waals surface area contributed by atoms with Crippen LogP contribution in [0.3, 0.4) is 0 Å². The molecule has 0 fully saturated rings. The largest absolute Gasteiger partial charge is 0.229 e. The number of halogens is 1. The minimum atomic E-state index is -2.84. The third-order valence-electron chi connectivity index (χ3n) is 1.52. The maximum Gasteiger partial charge on any atom is 0.151 e. The predicted molar refractivity (Wildman–Crippen MR) is 56.3 cm³/mol. The molecule has 0 unspecified atom stereocenters. The Labute approximate surface area is 81.8 Å². The van der Waals surface area contributed by atoms with Crippen LogP contribution in [0.2, 0.25) is 19.1 Å². The molecule has 73 valence electrons. The van der Waals surface area contributed by atoms with Crippen LogP contribution in [0.5, 0.6) is 0 Å². The highest BCUT2D eigenvalue weighted by atomic mass is 35.5. The molecule has 0 heterocycles. The quantitative estimate of drug-likeness (QED) is 0.512. The van der Waals surface area contributed by atoms with E-state index in [1.54, 1.807) is 0 Å². The van der Waals surface area contributed by atoms with Gasteiger partial charge in [-0.1, -0.05) is 19.1 Å². The number of hydrogen-bond acceptors (Lipinski definition) is 2. The van der Waals surface area contributed by atoms with Crippen LogP contribution < -0.4 is 0 Å². The second-order valence-electron chi connectivity index (χ2n) is 3.15. The lowest BCUT2D eigenvalue weighted by molar-refractivity contribution is 0.596. The van der Waals surface area contributed by atoms with E-state index in [0.717, 1.165) is 12.5 Å². The van der Waals surface area contributed by atoms with E-state index >= 15 is 0 Å². The average molecular weight is 228 g/mol. The molecule has 1 radical (unpaired) electrons. The zero-order chi connectivity index (χ0) is 9.61. The molecular weight excluding hydrogens is 212 g/mol. The van der Waals surface area contributed by atoms with Crippen LogP contribution >= 0.6 is 11.6 Å². The van der Waals surface area contributed by atoms with Gasteiger partial charge >= 0.3 is 0 Å². The summed E-state index contributed by atoms with van der Waals surface area (Å²) in [5.74, 6) is 0.665. The van der Waals surface area contributed by atoms with Gasteiger partial charge in [0.15, 0.2) is 9.84 Å². The molecule has 0 aliphatic rings. The van der Waals surface area contributed by atoms with Crippen molar-refractivity contribution in [2.45, 2.75) is 25.6 Å². The first-order valence-electron chi connectivity index (χ1n) is 4.03. The molecule has 0 aromatic rings. The van der Waals surface area contributed by atoms with Gasteiger partial charge in [-0.2, -0.15) is 0 Å². The van der Waals surface area contributed by atoms with Gasteiger partial charge in [-0.15, -0.1) is 11.6 Å². The van der Waals surface area contributed by atoms with Crippen LogP contribution in [0.25, 0.3) is 0 Å². The summed E-state index contributed by atoms with van der Waals surface area (Å²) in [5.41, 5.74) is 0. The number of alkyl halides is 1. The van der Waals surface area contributed by atoms with Gasteiger partial charge in [0, 0.05) is 20.4 Å². The second-order valence-corrected chi connectivity index (χ2v) is 8.75. The van der Waals surface area contributed by atoms with Crippen LogP contribution in [0.15, 0.2) is 0 Å². The van der Waals surface area contributed by atoms with Gasteiger partial charge in [0.05, 0.1) is 5.75 Å². The average Bonchev–Trinajstić information content (AvgIpc) is 1.85. The number of sulfone groups is 1. The van der Waals surface area contributed by atoms with E-state index < -0.39 is 9.84 Å². The molecule has 0 atom stereocenters. The minimum Gasteiger partial charge on any atom is -0.229 e. The molecule has 0 spiro atoms. The van der Waals surface area contributed by atoms with Crippen molar-refractivity contribution >= 4 is 30.2 Å². The van der Waals surface area contributed by atoms with Crippen molar-refractivity contribution in [1.82, 2.24) is 0 Å². The van der Waals surface area contributed by atoms with E-state index in [9.17, 15) is 8.42 Å². The van der Waals surface area contributed by atoms with Crippen molar-refractivity contribution in [3.05, 3.63) is 0 Å². The van der Waals surface area contributed by atoms with Gasteiger partial charge in [0.2, 0.25) is 0 Å². The van der Waals surface area contributed by atoms with Gasteiger partial charge in [-0.05, 0) is 6.42 Å². The molecule has 0 aliphatic heterocycles. The predicted octanol–water partition coefficient (Wildman–Crippen LogP) is 1.78. The van der Waals surface area contributed by atoms with E-state index in [1.807, 2.05) is 0 Å². The molecule has 2 nitrogen and oxygen atoms in total. The SMILES string of the molecule is C[Si](C)CCCS(=O)(=O)CCCl. The van der Waals surface area contributed by atoms with Crippen LogP contribution in [-0.4, -0.2) is 34.6 Å². The fourth-order valence-electron chi connectivity index (χ4n) is 0.865. The smallest absolute Gasteiger partial charge is 0.151 e. The van der Waals surface area contributed by atoms with Gasteiger partial charge in [-0.25, -0.2) is 8.42 Å². The normalized spacial score (nSPS) is 12.3. The Morgan fingerprint density at radius 1 is 1.25 bits per heavy atom. The molecule has 0 amide bonds. The molecular formula is C7H16ClO2SSi. The van der Waals surface area contributed by atoms with Crippen molar-refractivity contribution in [2.24, 2.45) is 0 Å². The Hall–Kier alpha value is 0.457. The molecule has 0 aromatic heterocycles. The van der Waals surface area contributed by atoms with Gasteiger partial charge in [-0.3, -0.25) is 0 Å². The Morgan fingerprint density at radius 2 is 1.83 bits per heavy atom. The maximum absolute atomic E-state index is 11.1. The molecule has 0 aromatic carbocycles. The topological polar surface area (TPSA) is 34.1 Å². The lowest BCUT2D eigenvalue weighted by Crippen LogP contribution is -2.13. The number of rotatable bonds is 6. The summed E-state index contributed by atoms with van der Waals surface area (Å²) in [6, 6.07) is 1.08. The fraction of sp³-hybridized carbons (Fsp3) is 1.00. The van der Waals surface area contributed by atoms with E-state index in [1.165, 1.54) is 0 Å². The van der Waals surface area contributed by atoms with Gasteiger partial charge < -0.3 is 0 Å². The zero-order valence-corrected chi connectivity index (χ0v) is 10.2. The second kappa shape index (κ2) is 5.99. The summed E-state index contributed by atoms with van der Waals surface area (Å²) in [6.45, 7) is 4.39. The first-order valence-corrected chi connectivity index (χ1v) is 9.09. The van der Waals surface area contributed by atoms with Gasteiger partial charge in [0.1, 0.15) is 0 Å². The van der Waals surface area contributed by atoms with Crippen molar-refractivity contribution in [3.63, 3.8) is 0 Å². The highest BCUT2D eigenvalue weighted by Crippen LogP contribution is 2.02. The maximum atomic E-state index is 11.1. The van der Waals surface area contributed by atoms with Crippen molar-refractivity contribution in [3.8, 4) is 0 Å². The number of hydrogen-bond donors (Lipinski definition) is 0. The van der Waals surface area contributed by atoms with Gasteiger partial charge in [0.25, 0.3) is 0 Å². The summed E-state index contributed by atoms with van der Waals surface area (Å²) in [5, 5.41) is 0. The van der Waals surface area contributed by atoms with Crippen molar-refractivity contribution in [1.29, 1.82) is 0 Å². The van der Waals surface area contributed by atoms with Crippen LogP contribution in [-0.2, 0) is 9.84 Å². The van der Waals surface area contributed by atoms with Crippen LogP contribution in [0.4, 0.5) is 0 Å². The molecule has 0 saturated carbocycles. The Balaban J connectivity index is 3.62. The van der Waals surface area contributed by atoms with Crippen molar-refractivity contribution in [2.75, 3.05) is 17.4 Å². The molecule has 0 aliphatic carbocycles. The summed E-state index contributed by atoms with van der Waals surface area (Å²) < 4.78 is 22.3. The minimum absolute atomic E-state index is 0.129. The van der Waals surface area contributed by atoms with Crippen molar-refractivity contribution < 1.29 is 8.42 Å². The van der Waals surface area contributed by atoms with E-state index in [0.29, 0.717) is 5.75 Å². The molecule has 0 saturated heterocycles. The highest BCUT2D eigenvalue weighted by Gasteiger charge is 2.09. The van der Waals surface area contributed by atoms with Crippen LogP contribution in [0, 0.1) is 0 Å². The molecule has 0 bridgehead atoms. The van der Waals surface area contributed by atoms with Crippen LogP contribution in [0.1, 0.15) is 6.42 Å². The highest BCUT2D eigenvalue weighted by molar-refractivity contribution is 7.91. The monoisotopic (exact) mass is 227 g/mol. The Morgan fingerprint density at radius 3 is 2.25 bits per heavy atom. The molecule has 5 heteroatoms. The van der Waals surface area contributed by atoms with E-state index in [-0.39, 0.29) is 20.4 Å². The summed E-state index contributed by atoms with van der Waals surface area (Å²) in [4.78, 5) is 0. The lowest BCUT2D eigenvalue weighted by Gasteiger charge is -2.03. The van der Waals surface area contributed by atoms with E-state index in [2.05, 4.69) is 13.1 Å². The molecule has 12 heavy (non-hydrogen) atoms. The standard InChI is InChI=1S/C7H16ClO2SSi/c1-12(2)7-3-5-11(9,10)6-4-8/h3-7H2,1-2H3. The van der Waals surface area contributed by atoms with E-state index in [4.69, 9.17) is 11.6 Å². The molecule has 0 N–H and O–H groups in total. The molecule has 0 rings (SSSR count). The zero-order valence-electron chi connectivity index (χ0n) is 7.64. The third-order valence-corrected chi connectivity index (χ3v) is 5.02. The third kappa shape index (κ3) is 7.12. The summed E-state index contributed by atoms with van der Waals surface area (Å²) in [7, 11) is -3.11. The first-order chi connectivity index (χ1) is 5.48. The lowest BCUT2D eigenvalue weighted by atomic mass is 10.6. The Bertz CT molecular complexity index is 201. The fourth-order valence-corrected chi connectivity index (χ4v) is 3.73. The Kier molecular flexibility index (Phi) is 6.22.